The van der Waals surface area contributed by atoms with Crippen LogP contribution < -0.4 is 0 Å². The largest absolute Gasteiger partial charge is 0.342 e. The van der Waals surface area contributed by atoms with Crippen LogP contribution in [0.3, 0.4) is 0 Å². The number of nitrogens with zero attached hydrogens (tertiary/aromatic N) is 4. The number of carbonyl (C=O) groups is 1. The normalized spacial score (nSPS) is 18.1. The van der Waals surface area contributed by atoms with Crippen molar-refractivity contribution in [3.8, 4) is 0 Å². The van der Waals surface area contributed by atoms with E-state index in [9.17, 15) is 4.79 Å². The molecule has 1 fully saturated rings. The summed E-state index contributed by atoms with van der Waals surface area (Å²) in [5.41, 5.74) is 1.22. The summed E-state index contributed by atoms with van der Waals surface area (Å²) in [6, 6.07) is 10.6. The van der Waals surface area contributed by atoms with Crippen molar-refractivity contribution in [3.63, 3.8) is 0 Å². The van der Waals surface area contributed by atoms with Crippen molar-refractivity contribution in [3.05, 3.63) is 48.0 Å². The predicted molar refractivity (Wildman–Crippen MR) is 93.7 cm³/mol. The lowest BCUT2D eigenvalue weighted by molar-refractivity contribution is -0.132. The van der Waals surface area contributed by atoms with Crippen LogP contribution in [0.15, 0.2) is 36.7 Å². The van der Waals surface area contributed by atoms with Crippen molar-refractivity contribution in [1.82, 2.24) is 19.7 Å². The summed E-state index contributed by atoms with van der Waals surface area (Å²) in [7, 11) is 0. The first kappa shape index (κ1) is 16.7. The highest BCUT2D eigenvalue weighted by molar-refractivity contribution is 5.76. The van der Waals surface area contributed by atoms with Gasteiger partial charge in [-0.1, -0.05) is 30.3 Å². The second kappa shape index (κ2) is 7.60. The summed E-state index contributed by atoms with van der Waals surface area (Å²) in [4.78, 5) is 14.6. The molecule has 0 N–H and O–H groups in total. The van der Waals surface area contributed by atoms with Crippen molar-refractivity contribution in [2.75, 3.05) is 13.1 Å². The average Bonchev–Trinajstić information content (AvgIpc) is 3.11. The first-order valence-electron chi connectivity index (χ1n) is 8.86. The van der Waals surface area contributed by atoms with Crippen molar-refractivity contribution >= 4 is 5.91 Å². The Balaban J connectivity index is 1.60. The molecule has 1 atom stereocenters. The molecule has 5 heteroatoms. The number of aromatic nitrogens is 3. The number of piperidine rings is 1. The minimum atomic E-state index is 0.249. The topological polar surface area (TPSA) is 51.0 Å². The third-order valence-corrected chi connectivity index (χ3v) is 4.77. The molecule has 2 heterocycles. The van der Waals surface area contributed by atoms with Crippen molar-refractivity contribution in [2.45, 2.75) is 51.5 Å². The van der Waals surface area contributed by atoms with Crippen LogP contribution >= 0.6 is 0 Å². The standard InChI is InChI=1S/C19H26N4O/c1-15(2)23-14-20-21-19(23)17-9-6-12-22(13-17)18(24)11-10-16-7-4-3-5-8-16/h3-5,7-8,14-15,17H,6,9-13H2,1-2H3/t17-/m1/s1. The van der Waals surface area contributed by atoms with E-state index in [1.165, 1.54) is 5.56 Å². The van der Waals surface area contributed by atoms with Crippen LogP contribution in [-0.4, -0.2) is 38.7 Å². The molecule has 5 nitrogen and oxygen atoms in total. The quantitative estimate of drug-likeness (QED) is 0.848. The van der Waals surface area contributed by atoms with Crippen LogP contribution in [0.1, 0.15) is 56.5 Å². The van der Waals surface area contributed by atoms with Crippen LogP contribution in [0.25, 0.3) is 0 Å². The molecular weight excluding hydrogens is 300 g/mol. The maximum absolute atomic E-state index is 12.6. The maximum atomic E-state index is 12.6. The monoisotopic (exact) mass is 326 g/mol. The zero-order valence-corrected chi connectivity index (χ0v) is 14.6. The SMILES string of the molecule is CC(C)n1cnnc1[C@@H]1CCCN(C(=O)CCc2ccccc2)C1. The van der Waals surface area contributed by atoms with Gasteiger partial charge in [-0.05, 0) is 38.7 Å². The molecule has 1 saturated heterocycles. The zero-order valence-electron chi connectivity index (χ0n) is 14.6. The van der Waals surface area contributed by atoms with Gasteiger partial charge in [0.1, 0.15) is 12.2 Å². The Morgan fingerprint density at radius 3 is 2.83 bits per heavy atom. The lowest BCUT2D eigenvalue weighted by atomic mass is 9.96. The Kier molecular flexibility index (Phi) is 5.28. The van der Waals surface area contributed by atoms with Gasteiger partial charge in [-0.15, -0.1) is 10.2 Å². The molecule has 1 aromatic heterocycles. The second-order valence-electron chi connectivity index (χ2n) is 6.85. The number of aryl methyl sites for hydroxylation is 1. The van der Waals surface area contributed by atoms with E-state index in [4.69, 9.17) is 0 Å². The minimum Gasteiger partial charge on any atom is -0.342 e. The van der Waals surface area contributed by atoms with Gasteiger partial charge in [0.15, 0.2) is 0 Å². The van der Waals surface area contributed by atoms with E-state index in [0.29, 0.717) is 18.4 Å². The third-order valence-electron chi connectivity index (χ3n) is 4.77. The van der Waals surface area contributed by atoms with E-state index >= 15 is 0 Å². The number of hydrogen-bond acceptors (Lipinski definition) is 3. The molecule has 3 rings (SSSR count). The number of amides is 1. The highest BCUT2D eigenvalue weighted by atomic mass is 16.2. The zero-order chi connectivity index (χ0) is 16.9. The Morgan fingerprint density at radius 2 is 2.08 bits per heavy atom. The summed E-state index contributed by atoms with van der Waals surface area (Å²) in [5.74, 6) is 1.56. The Hall–Kier alpha value is -2.17. The number of carbonyl (C=O) groups excluding carboxylic acids is 1. The molecule has 1 amide bonds. The van der Waals surface area contributed by atoms with Crippen LogP contribution in [0.5, 0.6) is 0 Å². The first-order chi connectivity index (χ1) is 11.6. The van der Waals surface area contributed by atoms with Gasteiger partial charge in [-0.2, -0.15) is 0 Å². The van der Waals surface area contributed by atoms with Crippen molar-refractivity contribution in [1.29, 1.82) is 0 Å². The van der Waals surface area contributed by atoms with E-state index in [2.05, 4.69) is 40.7 Å². The van der Waals surface area contributed by atoms with Crippen LogP contribution in [0.2, 0.25) is 0 Å². The number of benzene rings is 1. The van der Waals surface area contributed by atoms with Gasteiger partial charge in [0.05, 0.1) is 0 Å². The van der Waals surface area contributed by atoms with E-state index in [-0.39, 0.29) is 5.91 Å². The van der Waals surface area contributed by atoms with Gasteiger partial charge in [-0.25, -0.2) is 0 Å². The fraction of sp³-hybridized carbons (Fsp3) is 0.526. The average molecular weight is 326 g/mol. The van der Waals surface area contributed by atoms with Crippen molar-refractivity contribution in [2.24, 2.45) is 0 Å². The van der Waals surface area contributed by atoms with Gasteiger partial charge in [0.2, 0.25) is 5.91 Å². The van der Waals surface area contributed by atoms with Crippen LogP contribution in [0.4, 0.5) is 0 Å². The Labute approximate surface area is 143 Å². The molecule has 2 aromatic rings. The first-order valence-corrected chi connectivity index (χ1v) is 8.86. The molecule has 0 bridgehead atoms. The molecule has 1 aromatic carbocycles. The fourth-order valence-electron chi connectivity index (χ4n) is 3.41. The second-order valence-corrected chi connectivity index (χ2v) is 6.85. The molecule has 0 saturated carbocycles. The lowest BCUT2D eigenvalue weighted by Crippen LogP contribution is -2.40. The van der Waals surface area contributed by atoms with Crippen molar-refractivity contribution < 1.29 is 4.79 Å². The number of hydrogen-bond donors (Lipinski definition) is 0. The minimum absolute atomic E-state index is 0.249. The number of likely N-dealkylation sites (tertiary alicyclic amines) is 1. The van der Waals surface area contributed by atoms with E-state index < -0.39 is 0 Å². The highest BCUT2D eigenvalue weighted by Crippen LogP contribution is 2.27. The smallest absolute Gasteiger partial charge is 0.222 e. The molecule has 0 aliphatic carbocycles. The van der Waals surface area contributed by atoms with Gasteiger partial charge in [0, 0.05) is 31.5 Å². The molecule has 24 heavy (non-hydrogen) atoms. The Bertz CT molecular complexity index is 665. The van der Waals surface area contributed by atoms with Gasteiger partial charge in [0.25, 0.3) is 0 Å². The van der Waals surface area contributed by atoms with E-state index in [1.54, 1.807) is 6.33 Å². The summed E-state index contributed by atoms with van der Waals surface area (Å²) in [6.07, 6.45) is 5.30. The van der Waals surface area contributed by atoms with Gasteiger partial charge < -0.3 is 9.47 Å². The predicted octanol–water partition coefficient (Wildman–Crippen LogP) is 3.20. The summed E-state index contributed by atoms with van der Waals surface area (Å²) in [5, 5.41) is 8.40. The summed E-state index contributed by atoms with van der Waals surface area (Å²) in [6.45, 7) is 5.90. The molecule has 0 unspecified atom stereocenters. The third kappa shape index (κ3) is 3.83. The molecule has 0 radical (unpaired) electrons. The summed E-state index contributed by atoms with van der Waals surface area (Å²) >= 11 is 0. The van der Waals surface area contributed by atoms with Gasteiger partial charge >= 0.3 is 0 Å². The van der Waals surface area contributed by atoms with E-state index in [1.807, 2.05) is 23.1 Å². The lowest BCUT2D eigenvalue weighted by Gasteiger charge is -2.33. The molecule has 1 aliphatic rings. The number of rotatable bonds is 5. The fourth-order valence-corrected chi connectivity index (χ4v) is 3.41. The molecule has 1 aliphatic heterocycles. The molecular formula is C19H26N4O. The molecule has 128 valence electrons. The van der Waals surface area contributed by atoms with Crippen LogP contribution in [-0.2, 0) is 11.2 Å². The Morgan fingerprint density at radius 1 is 1.29 bits per heavy atom. The highest BCUT2D eigenvalue weighted by Gasteiger charge is 2.28. The van der Waals surface area contributed by atoms with Gasteiger partial charge in [-0.3, -0.25) is 4.79 Å². The summed E-state index contributed by atoms with van der Waals surface area (Å²) < 4.78 is 2.13. The van der Waals surface area contributed by atoms with Crippen LogP contribution in [0, 0.1) is 0 Å². The molecule has 0 spiro atoms. The maximum Gasteiger partial charge on any atom is 0.222 e. The van der Waals surface area contributed by atoms with E-state index in [0.717, 1.165) is 38.2 Å².